The van der Waals surface area contributed by atoms with Crippen LogP contribution >= 0.6 is 0 Å². The third-order valence-corrected chi connectivity index (χ3v) is 2.92. The van der Waals surface area contributed by atoms with Gasteiger partial charge in [-0.15, -0.1) is 0 Å². The summed E-state index contributed by atoms with van der Waals surface area (Å²) in [6.07, 6.45) is 2.87. The van der Waals surface area contributed by atoms with Crippen molar-refractivity contribution in [3.05, 3.63) is 0 Å². The highest BCUT2D eigenvalue weighted by atomic mass is 16.1. The lowest BCUT2D eigenvalue weighted by Gasteiger charge is -2.30. The fraction of sp³-hybridized carbons (Fsp3) is 0.889. The first-order valence-electron chi connectivity index (χ1n) is 4.36. The van der Waals surface area contributed by atoms with Gasteiger partial charge in [0.05, 0.1) is 5.54 Å². The van der Waals surface area contributed by atoms with E-state index in [2.05, 4.69) is 11.8 Å². The Kier molecular flexibility index (Phi) is 2.33. The summed E-state index contributed by atoms with van der Waals surface area (Å²) in [6, 6.07) is 0. The number of carbonyl (C=O) groups excluding carboxylic acids is 1. The van der Waals surface area contributed by atoms with E-state index in [1.54, 1.807) is 0 Å². The summed E-state index contributed by atoms with van der Waals surface area (Å²) in [4.78, 5) is 13.7. The van der Waals surface area contributed by atoms with Crippen molar-refractivity contribution in [1.82, 2.24) is 4.90 Å². The maximum absolute atomic E-state index is 11.5. The van der Waals surface area contributed by atoms with E-state index in [-0.39, 0.29) is 5.54 Å². The van der Waals surface area contributed by atoms with Crippen LogP contribution < -0.4 is 0 Å². The van der Waals surface area contributed by atoms with E-state index in [4.69, 9.17) is 0 Å². The number of carbonyl (C=O) groups is 1. The van der Waals surface area contributed by atoms with Crippen molar-refractivity contribution in [1.29, 1.82) is 0 Å². The molecule has 64 valence electrons. The lowest BCUT2D eigenvalue weighted by atomic mass is 9.92. The molecule has 11 heavy (non-hydrogen) atoms. The van der Waals surface area contributed by atoms with Gasteiger partial charge in [0, 0.05) is 6.42 Å². The molecule has 2 nitrogen and oxygen atoms in total. The van der Waals surface area contributed by atoms with Gasteiger partial charge in [0.25, 0.3) is 0 Å². The highest BCUT2D eigenvalue weighted by molar-refractivity contribution is 5.87. The summed E-state index contributed by atoms with van der Waals surface area (Å²) >= 11 is 0. The molecule has 0 N–H and O–H groups in total. The average molecular weight is 155 g/mol. The third kappa shape index (κ3) is 1.32. The summed E-state index contributed by atoms with van der Waals surface area (Å²) in [5, 5.41) is 0. The van der Waals surface area contributed by atoms with Crippen LogP contribution in [-0.4, -0.2) is 29.8 Å². The molecule has 1 atom stereocenters. The quantitative estimate of drug-likeness (QED) is 0.601. The van der Waals surface area contributed by atoms with E-state index in [0.29, 0.717) is 12.2 Å². The van der Waals surface area contributed by atoms with Crippen molar-refractivity contribution in [3.8, 4) is 0 Å². The summed E-state index contributed by atoms with van der Waals surface area (Å²) < 4.78 is 0. The minimum absolute atomic E-state index is 0.144. The zero-order valence-electron chi connectivity index (χ0n) is 7.68. The molecule has 1 aliphatic rings. The molecule has 1 aliphatic heterocycles. The maximum Gasteiger partial charge on any atom is 0.152 e. The first kappa shape index (κ1) is 8.72. The van der Waals surface area contributed by atoms with Gasteiger partial charge in [-0.05, 0) is 33.4 Å². The Bertz CT molecular complexity index is 167. The van der Waals surface area contributed by atoms with E-state index in [0.717, 1.165) is 13.0 Å². The molecule has 1 rings (SSSR count). The molecule has 1 saturated heterocycles. The van der Waals surface area contributed by atoms with E-state index in [1.165, 1.54) is 6.42 Å². The lowest BCUT2D eigenvalue weighted by Crippen LogP contribution is -2.45. The van der Waals surface area contributed by atoms with Crippen LogP contribution in [0, 0.1) is 0 Å². The standard InChI is InChI=1S/C9H17NO/c1-4-8(11)9(2)6-5-7-10(9)3/h4-7H2,1-3H3. The lowest BCUT2D eigenvalue weighted by molar-refractivity contribution is -0.127. The Hall–Kier alpha value is -0.370. The van der Waals surface area contributed by atoms with Gasteiger partial charge in [-0.2, -0.15) is 0 Å². The topological polar surface area (TPSA) is 20.3 Å². The molecule has 0 aromatic heterocycles. The number of Topliss-reactive ketones (excluding diaryl/α,β-unsaturated/α-hetero) is 1. The highest BCUT2D eigenvalue weighted by Crippen LogP contribution is 2.28. The van der Waals surface area contributed by atoms with Crippen LogP contribution in [0.4, 0.5) is 0 Å². The van der Waals surface area contributed by atoms with Gasteiger partial charge in [0.15, 0.2) is 5.78 Å². The van der Waals surface area contributed by atoms with Crippen molar-refractivity contribution in [2.45, 2.75) is 38.6 Å². The smallest absolute Gasteiger partial charge is 0.152 e. The van der Waals surface area contributed by atoms with Crippen LogP contribution in [0.15, 0.2) is 0 Å². The minimum Gasteiger partial charge on any atom is -0.298 e. The molecule has 1 unspecified atom stereocenters. The summed E-state index contributed by atoms with van der Waals surface area (Å²) in [5.74, 6) is 0.387. The van der Waals surface area contributed by atoms with Crippen LogP contribution in [0.2, 0.25) is 0 Å². The van der Waals surface area contributed by atoms with Gasteiger partial charge in [-0.3, -0.25) is 9.69 Å². The van der Waals surface area contributed by atoms with Gasteiger partial charge in [-0.1, -0.05) is 6.92 Å². The molecular formula is C9H17NO. The molecule has 0 spiro atoms. The Morgan fingerprint density at radius 3 is 2.64 bits per heavy atom. The fourth-order valence-corrected chi connectivity index (χ4v) is 1.83. The summed E-state index contributed by atoms with van der Waals surface area (Å²) in [5.41, 5.74) is -0.144. The maximum atomic E-state index is 11.5. The van der Waals surface area contributed by atoms with Crippen LogP contribution in [-0.2, 0) is 4.79 Å². The van der Waals surface area contributed by atoms with Crippen LogP contribution in [0.25, 0.3) is 0 Å². The van der Waals surface area contributed by atoms with Crippen LogP contribution in [0.5, 0.6) is 0 Å². The second-order valence-corrected chi connectivity index (χ2v) is 3.58. The van der Waals surface area contributed by atoms with Gasteiger partial charge in [-0.25, -0.2) is 0 Å². The zero-order chi connectivity index (χ0) is 8.48. The van der Waals surface area contributed by atoms with Crippen molar-refractivity contribution in [3.63, 3.8) is 0 Å². The van der Waals surface area contributed by atoms with Crippen LogP contribution in [0.1, 0.15) is 33.1 Å². The fourth-order valence-electron chi connectivity index (χ4n) is 1.83. The molecular weight excluding hydrogens is 138 g/mol. The Morgan fingerprint density at radius 1 is 1.64 bits per heavy atom. The SMILES string of the molecule is CCC(=O)C1(C)CCCN1C. The third-order valence-electron chi connectivity index (χ3n) is 2.92. The van der Waals surface area contributed by atoms with E-state index in [1.807, 2.05) is 14.0 Å². The van der Waals surface area contributed by atoms with Crippen molar-refractivity contribution in [2.75, 3.05) is 13.6 Å². The van der Waals surface area contributed by atoms with E-state index < -0.39 is 0 Å². The first-order valence-corrected chi connectivity index (χ1v) is 4.36. The van der Waals surface area contributed by atoms with Crippen LogP contribution in [0.3, 0.4) is 0 Å². The molecule has 0 aliphatic carbocycles. The Labute approximate surface area is 68.6 Å². The number of ketones is 1. The number of hydrogen-bond donors (Lipinski definition) is 0. The molecule has 0 radical (unpaired) electrons. The van der Waals surface area contributed by atoms with E-state index in [9.17, 15) is 4.79 Å². The second-order valence-electron chi connectivity index (χ2n) is 3.58. The number of nitrogens with zero attached hydrogens (tertiary/aromatic N) is 1. The molecule has 0 amide bonds. The average Bonchev–Trinajstić information content (AvgIpc) is 2.32. The Morgan fingerprint density at radius 2 is 2.27 bits per heavy atom. The second kappa shape index (κ2) is 2.94. The summed E-state index contributed by atoms with van der Waals surface area (Å²) in [6.45, 7) is 5.08. The largest absolute Gasteiger partial charge is 0.298 e. The van der Waals surface area contributed by atoms with Crippen molar-refractivity contribution in [2.24, 2.45) is 0 Å². The highest BCUT2D eigenvalue weighted by Gasteiger charge is 2.39. The minimum atomic E-state index is -0.144. The summed E-state index contributed by atoms with van der Waals surface area (Å²) in [7, 11) is 2.04. The normalized spacial score (nSPS) is 32.6. The first-order chi connectivity index (χ1) is 5.11. The van der Waals surface area contributed by atoms with Gasteiger partial charge < -0.3 is 0 Å². The van der Waals surface area contributed by atoms with Crippen molar-refractivity contribution >= 4 is 5.78 Å². The van der Waals surface area contributed by atoms with E-state index >= 15 is 0 Å². The number of likely N-dealkylation sites (N-methyl/N-ethyl adjacent to an activating group) is 1. The molecule has 1 heterocycles. The van der Waals surface area contributed by atoms with Gasteiger partial charge in [0.1, 0.15) is 0 Å². The Balaban J connectivity index is 2.72. The number of rotatable bonds is 2. The van der Waals surface area contributed by atoms with Gasteiger partial charge in [0.2, 0.25) is 0 Å². The molecule has 2 heteroatoms. The zero-order valence-corrected chi connectivity index (χ0v) is 7.68. The number of hydrogen-bond acceptors (Lipinski definition) is 2. The number of likely N-dealkylation sites (tertiary alicyclic amines) is 1. The molecule has 0 saturated carbocycles. The predicted molar refractivity (Wildman–Crippen MR) is 45.6 cm³/mol. The molecule has 0 aromatic carbocycles. The monoisotopic (exact) mass is 155 g/mol. The predicted octanol–water partition coefficient (Wildman–Crippen LogP) is 1.45. The molecule has 1 fully saturated rings. The van der Waals surface area contributed by atoms with Crippen molar-refractivity contribution < 1.29 is 4.79 Å². The molecule has 0 bridgehead atoms. The van der Waals surface area contributed by atoms with Gasteiger partial charge >= 0.3 is 0 Å². The molecule has 0 aromatic rings.